The van der Waals surface area contributed by atoms with Crippen LogP contribution in [0.25, 0.3) is 0 Å². The van der Waals surface area contributed by atoms with Crippen LogP contribution in [-0.4, -0.2) is 71.6 Å². The van der Waals surface area contributed by atoms with E-state index in [1.165, 1.54) is 6.42 Å². The maximum Gasteiger partial charge on any atom is 0.114 e. The molecule has 0 aliphatic carbocycles. The molecule has 0 amide bonds. The van der Waals surface area contributed by atoms with Crippen LogP contribution in [0, 0.1) is 5.41 Å². The van der Waals surface area contributed by atoms with Crippen molar-refractivity contribution in [3.8, 4) is 0 Å². The molecule has 0 spiro atoms. The molecule has 1 aromatic heterocycles. The summed E-state index contributed by atoms with van der Waals surface area (Å²) in [5.74, 6) is 0. The van der Waals surface area contributed by atoms with Gasteiger partial charge in [-0.2, -0.15) is 5.10 Å². The molecule has 1 unspecified atom stereocenters. The fourth-order valence-electron chi connectivity index (χ4n) is 4.15. The highest BCUT2D eigenvalue weighted by Gasteiger charge is 2.35. The average Bonchev–Trinajstić information content (AvgIpc) is 3.14. The third-order valence-corrected chi connectivity index (χ3v) is 5.40. The first kappa shape index (κ1) is 16.9. The maximum absolute atomic E-state index is 14.0. The Kier molecular flexibility index (Phi) is 5.04. The van der Waals surface area contributed by atoms with Crippen LogP contribution in [0.1, 0.15) is 25.5 Å². The molecular formula is C17H30FN5. The molecule has 3 atom stereocenters. The lowest BCUT2D eigenvalue weighted by molar-refractivity contribution is 0.147. The van der Waals surface area contributed by atoms with Gasteiger partial charge in [0, 0.05) is 52.0 Å². The van der Waals surface area contributed by atoms with Gasteiger partial charge in [0.15, 0.2) is 0 Å². The van der Waals surface area contributed by atoms with Crippen molar-refractivity contribution in [2.24, 2.45) is 12.5 Å². The van der Waals surface area contributed by atoms with Gasteiger partial charge in [0.25, 0.3) is 0 Å². The maximum atomic E-state index is 14.0. The second kappa shape index (κ2) is 6.87. The van der Waals surface area contributed by atoms with Crippen LogP contribution in [0.15, 0.2) is 12.3 Å². The van der Waals surface area contributed by atoms with E-state index in [0.29, 0.717) is 24.4 Å². The number of aryl methyl sites for hydroxylation is 1. The molecule has 0 aromatic carbocycles. The molecule has 2 aliphatic heterocycles. The zero-order valence-corrected chi connectivity index (χ0v) is 14.6. The third-order valence-electron chi connectivity index (χ3n) is 5.40. The van der Waals surface area contributed by atoms with E-state index in [2.05, 4.69) is 34.2 Å². The highest BCUT2D eigenvalue weighted by atomic mass is 19.1. The van der Waals surface area contributed by atoms with Crippen molar-refractivity contribution in [3.63, 3.8) is 0 Å². The standard InChI is InChI=1S/C17H30FN5/c1-17(5-7-19-12-17)13-21(2)10-16-8-14(18)9-23(16)11-15-4-6-20-22(15)3/h4,6,14,16,19H,5,7-13H2,1-3H3/t14-,16-,17?/m0/s1. The normalized spacial score (nSPS) is 32.2. The van der Waals surface area contributed by atoms with E-state index >= 15 is 0 Å². The zero-order valence-electron chi connectivity index (χ0n) is 14.6. The molecule has 2 saturated heterocycles. The van der Waals surface area contributed by atoms with Crippen LogP contribution >= 0.6 is 0 Å². The third kappa shape index (κ3) is 4.11. The quantitative estimate of drug-likeness (QED) is 0.855. The van der Waals surface area contributed by atoms with Gasteiger partial charge in [-0.15, -0.1) is 0 Å². The summed E-state index contributed by atoms with van der Waals surface area (Å²) in [6.07, 6.45) is 2.99. The van der Waals surface area contributed by atoms with Gasteiger partial charge < -0.3 is 10.2 Å². The molecule has 6 heteroatoms. The van der Waals surface area contributed by atoms with Crippen LogP contribution in [0.5, 0.6) is 0 Å². The van der Waals surface area contributed by atoms with Crippen LogP contribution in [0.2, 0.25) is 0 Å². The van der Waals surface area contributed by atoms with Gasteiger partial charge in [-0.05, 0) is 37.9 Å². The fourth-order valence-corrected chi connectivity index (χ4v) is 4.15. The van der Waals surface area contributed by atoms with Gasteiger partial charge in [0.2, 0.25) is 0 Å². The molecule has 0 bridgehead atoms. The van der Waals surface area contributed by atoms with Crippen LogP contribution < -0.4 is 5.32 Å². The minimum atomic E-state index is -0.703. The highest BCUT2D eigenvalue weighted by Crippen LogP contribution is 2.27. The summed E-state index contributed by atoms with van der Waals surface area (Å²) < 4.78 is 15.9. The number of halogens is 1. The summed E-state index contributed by atoms with van der Waals surface area (Å²) in [5, 5.41) is 7.68. The lowest BCUT2D eigenvalue weighted by atomic mass is 9.89. The SMILES string of the molecule is CN(C[C@@H]1C[C@H](F)CN1Cc1ccnn1C)CC1(C)CCNC1. The number of alkyl halides is 1. The number of nitrogens with zero attached hydrogens (tertiary/aromatic N) is 4. The topological polar surface area (TPSA) is 36.3 Å². The lowest BCUT2D eigenvalue weighted by Gasteiger charge is -2.33. The van der Waals surface area contributed by atoms with Crippen LogP contribution in [0.3, 0.4) is 0 Å². The largest absolute Gasteiger partial charge is 0.316 e. The molecular weight excluding hydrogens is 293 g/mol. The van der Waals surface area contributed by atoms with Gasteiger partial charge in [0.05, 0.1) is 5.69 Å². The predicted octanol–water partition coefficient (Wildman–Crippen LogP) is 1.26. The van der Waals surface area contributed by atoms with E-state index in [1.807, 2.05) is 24.0 Å². The number of hydrogen-bond donors (Lipinski definition) is 1. The summed E-state index contributed by atoms with van der Waals surface area (Å²) in [6, 6.07) is 2.32. The van der Waals surface area contributed by atoms with E-state index in [0.717, 1.165) is 38.4 Å². The van der Waals surface area contributed by atoms with E-state index in [9.17, 15) is 4.39 Å². The Morgan fingerprint density at radius 1 is 1.52 bits per heavy atom. The Labute approximate surface area is 138 Å². The van der Waals surface area contributed by atoms with E-state index < -0.39 is 6.17 Å². The first-order valence-electron chi connectivity index (χ1n) is 8.69. The summed E-state index contributed by atoms with van der Waals surface area (Å²) in [7, 11) is 4.13. The predicted molar refractivity (Wildman–Crippen MR) is 90.0 cm³/mol. The summed E-state index contributed by atoms with van der Waals surface area (Å²) >= 11 is 0. The van der Waals surface area contributed by atoms with Crippen molar-refractivity contribution in [2.75, 3.05) is 39.8 Å². The molecule has 5 nitrogen and oxygen atoms in total. The first-order valence-corrected chi connectivity index (χ1v) is 8.69. The molecule has 0 saturated carbocycles. The Hall–Kier alpha value is -0.980. The van der Waals surface area contributed by atoms with Crippen LogP contribution in [-0.2, 0) is 13.6 Å². The van der Waals surface area contributed by atoms with E-state index in [1.54, 1.807) is 0 Å². The number of hydrogen-bond acceptors (Lipinski definition) is 4. The molecule has 2 aliphatic rings. The van der Waals surface area contributed by atoms with E-state index in [4.69, 9.17) is 0 Å². The smallest absolute Gasteiger partial charge is 0.114 e. The molecule has 23 heavy (non-hydrogen) atoms. The van der Waals surface area contributed by atoms with Gasteiger partial charge in [-0.1, -0.05) is 6.92 Å². The minimum Gasteiger partial charge on any atom is -0.316 e. The lowest BCUT2D eigenvalue weighted by Crippen LogP contribution is -2.43. The molecule has 2 fully saturated rings. The molecule has 130 valence electrons. The van der Waals surface area contributed by atoms with Crippen molar-refractivity contribution in [3.05, 3.63) is 18.0 Å². The minimum absolute atomic E-state index is 0.294. The fraction of sp³-hybridized carbons (Fsp3) is 0.824. The van der Waals surface area contributed by atoms with Gasteiger partial charge in [-0.3, -0.25) is 9.58 Å². The van der Waals surface area contributed by atoms with Crippen molar-refractivity contribution in [1.29, 1.82) is 0 Å². The van der Waals surface area contributed by atoms with Gasteiger partial charge >= 0.3 is 0 Å². The molecule has 1 N–H and O–H groups in total. The Bertz CT molecular complexity index is 511. The van der Waals surface area contributed by atoms with Crippen molar-refractivity contribution in [2.45, 2.75) is 38.5 Å². The Morgan fingerprint density at radius 2 is 2.35 bits per heavy atom. The Morgan fingerprint density at radius 3 is 3.00 bits per heavy atom. The monoisotopic (exact) mass is 323 g/mol. The number of likely N-dealkylation sites (tertiary alicyclic amines) is 1. The molecule has 3 rings (SSSR count). The Balaban J connectivity index is 1.57. The van der Waals surface area contributed by atoms with E-state index in [-0.39, 0.29) is 0 Å². The highest BCUT2D eigenvalue weighted by molar-refractivity contribution is 5.02. The first-order chi connectivity index (χ1) is 11.0. The molecule has 3 heterocycles. The van der Waals surface area contributed by atoms with Gasteiger partial charge in [-0.25, -0.2) is 4.39 Å². The summed E-state index contributed by atoms with van der Waals surface area (Å²) in [5.41, 5.74) is 1.51. The van der Waals surface area contributed by atoms with Crippen molar-refractivity contribution < 1.29 is 4.39 Å². The molecule has 1 aromatic rings. The number of aromatic nitrogens is 2. The van der Waals surface area contributed by atoms with Gasteiger partial charge in [0.1, 0.15) is 6.17 Å². The average molecular weight is 323 g/mol. The van der Waals surface area contributed by atoms with Crippen molar-refractivity contribution in [1.82, 2.24) is 24.9 Å². The summed E-state index contributed by atoms with van der Waals surface area (Å²) in [4.78, 5) is 4.68. The van der Waals surface area contributed by atoms with Crippen molar-refractivity contribution >= 4 is 0 Å². The number of likely N-dealkylation sites (N-methyl/N-ethyl adjacent to an activating group) is 1. The molecule has 0 radical (unpaired) electrons. The summed E-state index contributed by atoms with van der Waals surface area (Å²) in [6.45, 7) is 7.90. The second-order valence-corrected chi connectivity index (χ2v) is 7.80. The zero-order chi connectivity index (χ0) is 16.4. The second-order valence-electron chi connectivity index (χ2n) is 7.80. The van der Waals surface area contributed by atoms with Crippen LogP contribution in [0.4, 0.5) is 4.39 Å². The number of nitrogens with one attached hydrogen (secondary N) is 1. The number of rotatable bonds is 6.